The summed E-state index contributed by atoms with van der Waals surface area (Å²) < 4.78 is 1.83. The van der Waals surface area contributed by atoms with Crippen molar-refractivity contribution in [3.8, 4) is 11.3 Å². The molecule has 1 amide bonds. The van der Waals surface area contributed by atoms with E-state index < -0.39 is 6.04 Å². The summed E-state index contributed by atoms with van der Waals surface area (Å²) in [5.74, 6) is 0.000436. The zero-order valence-corrected chi connectivity index (χ0v) is 20.1. The number of carbonyl (C=O) groups excluding carboxylic acids is 1. The van der Waals surface area contributed by atoms with Gasteiger partial charge in [-0.15, -0.1) is 0 Å². The Balaban J connectivity index is 1.28. The Morgan fingerprint density at radius 3 is 2.41 bits per heavy atom. The number of nitrogens with one attached hydrogen (secondary N) is 1. The molecule has 1 aliphatic heterocycles. The molecule has 0 saturated carbocycles. The van der Waals surface area contributed by atoms with Crippen LogP contribution in [-0.4, -0.2) is 39.7 Å². The van der Waals surface area contributed by atoms with E-state index in [4.69, 9.17) is 16.7 Å². The Bertz CT molecular complexity index is 1260. The maximum absolute atomic E-state index is 13.2. The van der Waals surface area contributed by atoms with Gasteiger partial charge in [-0.2, -0.15) is 5.10 Å². The van der Waals surface area contributed by atoms with Gasteiger partial charge < -0.3 is 5.32 Å². The van der Waals surface area contributed by atoms with Crippen molar-refractivity contribution in [2.75, 3.05) is 13.1 Å². The number of halogens is 1. The Morgan fingerprint density at radius 2 is 1.71 bits per heavy atom. The zero-order chi connectivity index (χ0) is 23.5. The standard InChI is InChI=1S/C28H29ClN4O/c1-20(28(34)30-24-14-16-32(17-15-24)19-21-8-4-2-5-9-21)33-26-13-12-23(29)18-25(26)27(31-33)22-10-6-3-7-11-22/h2-13,18,20,24H,14-17,19H2,1H3,(H,30,34)/t20-/m0/s1. The van der Waals surface area contributed by atoms with Crippen LogP contribution in [0.5, 0.6) is 0 Å². The average molecular weight is 473 g/mol. The van der Waals surface area contributed by atoms with E-state index in [2.05, 4.69) is 34.5 Å². The highest BCUT2D eigenvalue weighted by molar-refractivity contribution is 6.31. The number of aromatic nitrogens is 2. The van der Waals surface area contributed by atoms with Crippen LogP contribution in [0.3, 0.4) is 0 Å². The summed E-state index contributed by atoms with van der Waals surface area (Å²) in [7, 11) is 0. The summed E-state index contributed by atoms with van der Waals surface area (Å²) in [6.45, 7) is 4.84. The predicted octanol–water partition coefficient (Wildman–Crippen LogP) is 5.70. The molecular formula is C28H29ClN4O. The summed E-state index contributed by atoms with van der Waals surface area (Å²) in [4.78, 5) is 15.7. The second kappa shape index (κ2) is 10.00. The van der Waals surface area contributed by atoms with Crippen LogP contribution in [0.1, 0.15) is 31.4 Å². The second-order valence-corrected chi connectivity index (χ2v) is 9.48. The first kappa shape index (κ1) is 22.6. The minimum Gasteiger partial charge on any atom is -0.351 e. The van der Waals surface area contributed by atoms with Crippen molar-refractivity contribution in [1.29, 1.82) is 0 Å². The lowest BCUT2D eigenvalue weighted by molar-refractivity contribution is -0.125. The van der Waals surface area contributed by atoms with E-state index in [0.29, 0.717) is 5.02 Å². The largest absolute Gasteiger partial charge is 0.351 e. The first-order valence-electron chi connectivity index (χ1n) is 11.9. The van der Waals surface area contributed by atoms with E-state index in [1.54, 1.807) is 0 Å². The highest BCUT2D eigenvalue weighted by Crippen LogP contribution is 2.32. The molecule has 1 fully saturated rings. The first-order chi connectivity index (χ1) is 16.6. The molecule has 0 radical (unpaired) electrons. The number of amides is 1. The Kier molecular flexibility index (Phi) is 6.66. The summed E-state index contributed by atoms with van der Waals surface area (Å²) >= 11 is 6.30. The van der Waals surface area contributed by atoms with Crippen molar-refractivity contribution in [3.63, 3.8) is 0 Å². The van der Waals surface area contributed by atoms with Gasteiger partial charge in [-0.25, -0.2) is 0 Å². The van der Waals surface area contributed by atoms with Crippen LogP contribution >= 0.6 is 11.6 Å². The molecule has 2 heterocycles. The number of nitrogens with zero attached hydrogens (tertiary/aromatic N) is 3. The maximum Gasteiger partial charge on any atom is 0.244 e. The number of likely N-dealkylation sites (tertiary alicyclic amines) is 1. The molecule has 0 unspecified atom stereocenters. The van der Waals surface area contributed by atoms with E-state index in [1.165, 1.54) is 5.56 Å². The van der Waals surface area contributed by atoms with Crippen molar-refractivity contribution in [3.05, 3.63) is 89.4 Å². The minimum absolute atomic E-state index is 0.000436. The summed E-state index contributed by atoms with van der Waals surface area (Å²) in [6.07, 6.45) is 1.91. The van der Waals surface area contributed by atoms with Crippen molar-refractivity contribution in [2.24, 2.45) is 0 Å². The van der Waals surface area contributed by atoms with Crippen LogP contribution in [0.25, 0.3) is 22.2 Å². The molecule has 1 saturated heterocycles. The molecule has 4 aromatic rings. The van der Waals surface area contributed by atoms with Gasteiger partial charge in [-0.1, -0.05) is 72.3 Å². The molecule has 34 heavy (non-hydrogen) atoms. The number of hydrogen-bond acceptors (Lipinski definition) is 3. The van der Waals surface area contributed by atoms with E-state index in [1.807, 2.05) is 66.2 Å². The zero-order valence-electron chi connectivity index (χ0n) is 19.3. The Hall–Kier alpha value is -3.15. The fourth-order valence-electron chi connectivity index (χ4n) is 4.73. The van der Waals surface area contributed by atoms with Crippen LogP contribution in [-0.2, 0) is 11.3 Å². The number of benzene rings is 3. The fourth-order valence-corrected chi connectivity index (χ4v) is 4.90. The molecule has 5 rings (SSSR count). The second-order valence-electron chi connectivity index (χ2n) is 9.04. The lowest BCUT2D eigenvalue weighted by Gasteiger charge is -2.33. The van der Waals surface area contributed by atoms with E-state index in [9.17, 15) is 4.79 Å². The quantitative estimate of drug-likeness (QED) is 0.391. The van der Waals surface area contributed by atoms with Gasteiger partial charge in [0.2, 0.25) is 5.91 Å². The third-order valence-electron chi connectivity index (χ3n) is 6.64. The van der Waals surface area contributed by atoms with Crippen LogP contribution in [0, 0.1) is 0 Å². The molecule has 1 N–H and O–H groups in total. The van der Waals surface area contributed by atoms with Gasteiger partial charge in [0.1, 0.15) is 11.7 Å². The molecule has 1 atom stereocenters. The number of carbonyl (C=O) groups is 1. The summed E-state index contributed by atoms with van der Waals surface area (Å²) in [5, 5.41) is 9.74. The van der Waals surface area contributed by atoms with Crippen molar-refractivity contribution < 1.29 is 4.79 Å². The molecule has 5 nitrogen and oxygen atoms in total. The highest BCUT2D eigenvalue weighted by atomic mass is 35.5. The third-order valence-corrected chi connectivity index (χ3v) is 6.88. The van der Waals surface area contributed by atoms with E-state index >= 15 is 0 Å². The van der Waals surface area contributed by atoms with Crippen molar-refractivity contribution in [1.82, 2.24) is 20.0 Å². The monoisotopic (exact) mass is 472 g/mol. The van der Waals surface area contributed by atoms with Crippen molar-refractivity contribution >= 4 is 28.4 Å². The van der Waals surface area contributed by atoms with Gasteiger partial charge >= 0.3 is 0 Å². The van der Waals surface area contributed by atoms with Gasteiger partial charge in [0.25, 0.3) is 0 Å². The third kappa shape index (κ3) is 4.86. The van der Waals surface area contributed by atoms with Crippen LogP contribution in [0.4, 0.5) is 0 Å². The highest BCUT2D eigenvalue weighted by Gasteiger charge is 2.26. The maximum atomic E-state index is 13.2. The number of fused-ring (bicyclic) bond motifs is 1. The lowest BCUT2D eigenvalue weighted by Crippen LogP contribution is -2.46. The fraction of sp³-hybridized carbons (Fsp3) is 0.286. The molecule has 1 aliphatic rings. The van der Waals surface area contributed by atoms with Gasteiger partial charge in [0.15, 0.2) is 0 Å². The van der Waals surface area contributed by atoms with Crippen LogP contribution in [0.15, 0.2) is 78.9 Å². The average Bonchev–Trinajstić information content (AvgIpc) is 3.24. The normalized spacial score (nSPS) is 15.9. The molecule has 3 aromatic carbocycles. The van der Waals surface area contributed by atoms with Crippen molar-refractivity contribution in [2.45, 2.75) is 38.4 Å². The van der Waals surface area contributed by atoms with Crippen LogP contribution < -0.4 is 5.32 Å². The van der Waals surface area contributed by atoms with Gasteiger partial charge in [0.05, 0.1) is 5.52 Å². The molecule has 0 aliphatic carbocycles. The smallest absolute Gasteiger partial charge is 0.244 e. The molecule has 0 spiro atoms. The van der Waals surface area contributed by atoms with Gasteiger partial charge in [-0.05, 0) is 43.5 Å². The molecule has 174 valence electrons. The number of piperidine rings is 1. The van der Waals surface area contributed by atoms with Gasteiger partial charge in [0, 0.05) is 41.6 Å². The minimum atomic E-state index is -0.427. The Morgan fingerprint density at radius 1 is 1.03 bits per heavy atom. The SMILES string of the molecule is C[C@@H](C(=O)NC1CCN(Cc2ccccc2)CC1)n1nc(-c2ccccc2)c2cc(Cl)ccc21. The Labute approximate surface area is 205 Å². The molecular weight excluding hydrogens is 444 g/mol. The number of hydrogen-bond donors (Lipinski definition) is 1. The molecule has 1 aromatic heterocycles. The van der Waals surface area contributed by atoms with E-state index in [-0.39, 0.29) is 11.9 Å². The first-order valence-corrected chi connectivity index (χ1v) is 12.3. The van der Waals surface area contributed by atoms with E-state index in [0.717, 1.165) is 54.6 Å². The molecule has 0 bridgehead atoms. The summed E-state index contributed by atoms with van der Waals surface area (Å²) in [6, 6.07) is 26.1. The molecule has 6 heteroatoms. The van der Waals surface area contributed by atoms with Gasteiger partial charge in [-0.3, -0.25) is 14.4 Å². The number of rotatable bonds is 6. The predicted molar refractivity (Wildman–Crippen MR) is 138 cm³/mol. The lowest BCUT2D eigenvalue weighted by atomic mass is 10.0. The summed E-state index contributed by atoms with van der Waals surface area (Å²) in [5.41, 5.74) is 4.08. The van der Waals surface area contributed by atoms with Crippen LogP contribution in [0.2, 0.25) is 5.02 Å². The topological polar surface area (TPSA) is 50.2 Å².